The molecule has 5 fully saturated rings. The monoisotopic (exact) mass is 575 g/mol. The molecule has 1 saturated heterocycles. The molecule has 7 rings (SSSR count). The lowest BCUT2D eigenvalue weighted by Gasteiger charge is -2.61. The van der Waals surface area contributed by atoms with Crippen LogP contribution in [0.5, 0.6) is 0 Å². The Hall–Kier alpha value is -1.97. The molecule has 4 bridgehead atoms. The maximum atomic E-state index is 13.5. The topological polar surface area (TPSA) is 84.5 Å². The zero-order valence-electron chi connectivity index (χ0n) is 20.2. The molecule has 5 aliphatic rings. The number of nitro groups is 1. The average Bonchev–Trinajstić information content (AvgIpc) is 3.23. The van der Waals surface area contributed by atoms with Crippen molar-refractivity contribution in [3.05, 3.63) is 55.6 Å². The molecule has 0 radical (unpaired) electrons. The summed E-state index contributed by atoms with van der Waals surface area (Å²) in [5, 5.41) is 16.6. The van der Waals surface area contributed by atoms with E-state index in [1.54, 1.807) is 6.20 Å². The zero-order chi connectivity index (χ0) is 25.1. The largest absolute Gasteiger partial charge is 0.404 e. The van der Waals surface area contributed by atoms with Crippen LogP contribution >= 0.6 is 27.5 Å². The van der Waals surface area contributed by atoms with Crippen LogP contribution in [-0.2, 0) is 16.9 Å². The summed E-state index contributed by atoms with van der Waals surface area (Å²) in [5.74, 6) is 1.29. The van der Waals surface area contributed by atoms with Crippen LogP contribution in [0.3, 0.4) is 0 Å². The average molecular weight is 577 g/mol. The molecule has 2 unspecified atom stereocenters. The van der Waals surface area contributed by atoms with Crippen LogP contribution in [0.25, 0.3) is 0 Å². The molecule has 4 aliphatic carbocycles. The van der Waals surface area contributed by atoms with Gasteiger partial charge in [0.05, 0.1) is 16.8 Å². The summed E-state index contributed by atoms with van der Waals surface area (Å²) in [4.78, 5) is 29.0. The number of nitrogens with zero attached hydrogens (tertiary/aromatic N) is 5. The molecule has 1 amide bonds. The quantitative estimate of drug-likeness (QED) is 0.347. The minimum Gasteiger partial charge on any atom is -0.358 e. The minimum atomic E-state index is -0.424. The maximum absolute atomic E-state index is 13.5. The van der Waals surface area contributed by atoms with Gasteiger partial charge in [-0.1, -0.05) is 23.7 Å². The predicted octanol–water partition coefficient (Wildman–Crippen LogP) is 5.24. The van der Waals surface area contributed by atoms with Crippen molar-refractivity contribution in [3.8, 4) is 0 Å². The van der Waals surface area contributed by atoms with Crippen molar-refractivity contribution >= 4 is 39.3 Å². The summed E-state index contributed by atoms with van der Waals surface area (Å²) < 4.78 is 2.31. The molecule has 8 nitrogen and oxygen atoms in total. The van der Waals surface area contributed by atoms with Crippen molar-refractivity contribution in [2.24, 2.45) is 17.3 Å². The standard InChI is InChI=1S/C26H31BrClN5O3/c27-22-16-32(29-24(22)33(35)36)26-12-19-9-20(13-26)11-25(10-19,17-26)14-23(34)31-7-5-30(6-8-31)15-18-1-3-21(28)4-2-18/h1-4,16,19-20H,5-15,17H2. The summed E-state index contributed by atoms with van der Waals surface area (Å²) in [6.45, 7) is 4.15. The van der Waals surface area contributed by atoms with Crippen molar-refractivity contribution in [2.45, 2.75) is 57.0 Å². The van der Waals surface area contributed by atoms with Gasteiger partial charge in [0.25, 0.3) is 0 Å². The van der Waals surface area contributed by atoms with E-state index < -0.39 is 4.92 Å². The molecular formula is C26H31BrClN5O3. The number of amides is 1. The van der Waals surface area contributed by atoms with Crippen LogP contribution in [0.15, 0.2) is 34.9 Å². The molecule has 1 aromatic carbocycles. The van der Waals surface area contributed by atoms with E-state index in [9.17, 15) is 14.9 Å². The van der Waals surface area contributed by atoms with E-state index in [1.165, 1.54) is 12.0 Å². The molecular weight excluding hydrogens is 546 g/mol. The van der Waals surface area contributed by atoms with Crippen LogP contribution in [0.2, 0.25) is 5.02 Å². The molecule has 0 spiro atoms. The van der Waals surface area contributed by atoms with Crippen LogP contribution in [-0.4, -0.2) is 56.6 Å². The third-order valence-corrected chi connectivity index (χ3v) is 9.84. The van der Waals surface area contributed by atoms with E-state index in [1.807, 2.05) is 16.8 Å². The SMILES string of the molecule is O=C(CC12CC3CC(C1)CC(n1cc(Br)c([N+](=O)[O-])n1)(C3)C2)N1CCN(Cc2ccc(Cl)cc2)CC1. The van der Waals surface area contributed by atoms with E-state index in [-0.39, 0.29) is 22.7 Å². The number of piperazine rings is 1. The fraction of sp³-hybridized carbons (Fsp3) is 0.615. The number of aromatic nitrogens is 2. The van der Waals surface area contributed by atoms with Gasteiger partial charge in [-0.3, -0.25) is 9.69 Å². The van der Waals surface area contributed by atoms with E-state index in [2.05, 4.69) is 43.0 Å². The molecule has 36 heavy (non-hydrogen) atoms. The Bertz CT molecular complexity index is 1160. The van der Waals surface area contributed by atoms with Gasteiger partial charge in [0.2, 0.25) is 5.91 Å². The first-order chi connectivity index (χ1) is 17.2. The Balaban J connectivity index is 1.12. The molecule has 2 aromatic rings. The highest BCUT2D eigenvalue weighted by atomic mass is 79.9. The number of halogens is 2. The number of carbonyl (C=O) groups is 1. The summed E-state index contributed by atoms with van der Waals surface area (Å²) in [5.41, 5.74) is 1.01. The van der Waals surface area contributed by atoms with Crippen molar-refractivity contribution < 1.29 is 9.72 Å². The summed E-state index contributed by atoms with van der Waals surface area (Å²) in [7, 11) is 0. The van der Waals surface area contributed by atoms with Crippen LogP contribution in [0, 0.1) is 27.4 Å². The van der Waals surface area contributed by atoms with Gasteiger partial charge in [-0.25, -0.2) is 0 Å². The van der Waals surface area contributed by atoms with Gasteiger partial charge in [0, 0.05) is 44.2 Å². The summed E-state index contributed by atoms with van der Waals surface area (Å²) in [6, 6.07) is 7.98. The highest BCUT2D eigenvalue weighted by molar-refractivity contribution is 9.10. The van der Waals surface area contributed by atoms with Crippen LogP contribution < -0.4 is 0 Å². The fourth-order valence-electron chi connectivity index (χ4n) is 8.02. The van der Waals surface area contributed by atoms with Crippen LogP contribution in [0.4, 0.5) is 5.82 Å². The van der Waals surface area contributed by atoms with Gasteiger partial charge in [0.1, 0.15) is 4.47 Å². The Morgan fingerprint density at radius 1 is 1.11 bits per heavy atom. The van der Waals surface area contributed by atoms with Gasteiger partial charge in [0.15, 0.2) is 0 Å². The van der Waals surface area contributed by atoms with Crippen LogP contribution in [0.1, 0.15) is 50.5 Å². The first kappa shape index (κ1) is 24.4. The number of hydrogen-bond acceptors (Lipinski definition) is 5. The second-order valence-corrected chi connectivity index (χ2v) is 12.9. The molecule has 0 N–H and O–H groups in total. The minimum absolute atomic E-state index is 0.0190. The molecule has 1 aliphatic heterocycles. The van der Waals surface area contributed by atoms with Gasteiger partial charge in [-0.05, 0) is 94.3 Å². The zero-order valence-corrected chi connectivity index (χ0v) is 22.6. The first-order valence-corrected chi connectivity index (χ1v) is 14.0. The maximum Gasteiger partial charge on any atom is 0.404 e. The number of carbonyl (C=O) groups excluding carboxylic acids is 1. The molecule has 2 atom stereocenters. The summed E-state index contributed by atoms with van der Waals surface area (Å²) in [6.07, 6.45) is 8.69. The third-order valence-electron chi connectivity index (χ3n) is 9.03. The van der Waals surface area contributed by atoms with E-state index in [0.29, 0.717) is 22.7 Å². The van der Waals surface area contributed by atoms with Crippen molar-refractivity contribution in [1.29, 1.82) is 0 Å². The molecule has 2 heterocycles. The second kappa shape index (κ2) is 9.10. The number of hydrogen-bond donors (Lipinski definition) is 0. The van der Waals surface area contributed by atoms with Crippen molar-refractivity contribution in [1.82, 2.24) is 19.6 Å². The highest BCUT2D eigenvalue weighted by Gasteiger charge is 2.60. The number of rotatable bonds is 6. The van der Waals surface area contributed by atoms with E-state index in [4.69, 9.17) is 11.6 Å². The van der Waals surface area contributed by atoms with Gasteiger partial charge < -0.3 is 15.0 Å². The van der Waals surface area contributed by atoms with Gasteiger partial charge in [-0.2, -0.15) is 4.68 Å². The molecule has 4 saturated carbocycles. The lowest BCUT2D eigenvalue weighted by molar-refractivity contribution is -0.390. The number of benzene rings is 1. The Morgan fingerprint density at radius 3 is 2.39 bits per heavy atom. The third kappa shape index (κ3) is 4.47. The smallest absolute Gasteiger partial charge is 0.358 e. The fourth-order valence-corrected chi connectivity index (χ4v) is 8.57. The normalized spacial score (nSPS) is 31.7. The first-order valence-electron chi connectivity index (χ1n) is 12.9. The van der Waals surface area contributed by atoms with Gasteiger partial charge >= 0.3 is 5.82 Å². The second-order valence-electron chi connectivity index (χ2n) is 11.6. The van der Waals surface area contributed by atoms with E-state index in [0.717, 1.165) is 69.9 Å². The predicted molar refractivity (Wildman–Crippen MR) is 140 cm³/mol. The Kier molecular flexibility index (Phi) is 6.16. The van der Waals surface area contributed by atoms with Gasteiger partial charge in [-0.15, -0.1) is 0 Å². The molecule has 1 aromatic heterocycles. The summed E-state index contributed by atoms with van der Waals surface area (Å²) >= 11 is 9.34. The highest BCUT2D eigenvalue weighted by Crippen LogP contribution is 2.65. The van der Waals surface area contributed by atoms with E-state index >= 15 is 0 Å². The Labute approximate surface area is 224 Å². The molecule has 10 heteroatoms. The van der Waals surface area contributed by atoms with Crippen molar-refractivity contribution in [3.63, 3.8) is 0 Å². The van der Waals surface area contributed by atoms with Crippen molar-refractivity contribution in [2.75, 3.05) is 26.2 Å². The molecule has 192 valence electrons. The Morgan fingerprint density at radius 2 is 1.78 bits per heavy atom. The lowest BCUT2D eigenvalue weighted by Crippen LogP contribution is -2.58. The lowest BCUT2D eigenvalue weighted by atomic mass is 9.46.